The Bertz CT molecular complexity index is 404. The average Bonchev–Trinajstić information content (AvgIpc) is 2.78. The van der Waals surface area contributed by atoms with E-state index in [-0.39, 0.29) is 11.3 Å². The highest BCUT2D eigenvalue weighted by Gasteiger charge is 2.25. The van der Waals surface area contributed by atoms with Crippen LogP contribution in [0.15, 0.2) is 12.1 Å². The first-order chi connectivity index (χ1) is 8.31. The lowest BCUT2D eigenvalue weighted by Crippen LogP contribution is -2.32. The number of nitrogens with zero attached hydrogens (tertiary/aromatic N) is 1. The van der Waals surface area contributed by atoms with Crippen LogP contribution in [0.25, 0.3) is 0 Å². The van der Waals surface area contributed by atoms with Gasteiger partial charge in [0.2, 0.25) is 5.91 Å². The van der Waals surface area contributed by atoms with E-state index in [1.165, 1.54) is 4.88 Å². The van der Waals surface area contributed by atoms with Gasteiger partial charge in [0.1, 0.15) is 5.38 Å². The standard InChI is InChI=1S/C14H22ClNOS/c1-6-16(7-2)13(17)12(15)10-8-9-11(18-10)14(3,4)5/h8-9,12H,6-7H2,1-5H3. The molecule has 1 unspecified atom stereocenters. The molecule has 0 aliphatic heterocycles. The topological polar surface area (TPSA) is 20.3 Å². The third-order valence-electron chi connectivity index (χ3n) is 2.91. The zero-order valence-electron chi connectivity index (χ0n) is 11.8. The van der Waals surface area contributed by atoms with Gasteiger partial charge in [-0.15, -0.1) is 22.9 Å². The van der Waals surface area contributed by atoms with E-state index in [2.05, 4.69) is 26.8 Å². The van der Waals surface area contributed by atoms with E-state index in [9.17, 15) is 4.79 Å². The minimum absolute atomic E-state index is 0.00368. The molecule has 1 amide bonds. The summed E-state index contributed by atoms with van der Waals surface area (Å²) < 4.78 is 0. The van der Waals surface area contributed by atoms with Crippen molar-refractivity contribution in [1.29, 1.82) is 0 Å². The van der Waals surface area contributed by atoms with Crippen LogP contribution in [0, 0.1) is 0 Å². The van der Waals surface area contributed by atoms with E-state index in [1.807, 2.05) is 19.9 Å². The molecule has 2 nitrogen and oxygen atoms in total. The minimum atomic E-state index is -0.550. The van der Waals surface area contributed by atoms with Crippen molar-refractivity contribution in [1.82, 2.24) is 4.90 Å². The van der Waals surface area contributed by atoms with Crippen LogP contribution in [0.5, 0.6) is 0 Å². The molecule has 0 bridgehead atoms. The summed E-state index contributed by atoms with van der Waals surface area (Å²) in [5.74, 6) is 0.00368. The number of hydrogen-bond donors (Lipinski definition) is 0. The van der Waals surface area contributed by atoms with E-state index >= 15 is 0 Å². The molecule has 102 valence electrons. The monoisotopic (exact) mass is 287 g/mol. The molecule has 1 aromatic heterocycles. The van der Waals surface area contributed by atoms with Crippen LogP contribution in [0.3, 0.4) is 0 Å². The molecule has 0 aliphatic carbocycles. The predicted octanol–water partition coefficient (Wildman–Crippen LogP) is 4.19. The fourth-order valence-electron chi connectivity index (χ4n) is 1.71. The molecule has 1 aromatic rings. The summed E-state index contributed by atoms with van der Waals surface area (Å²) >= 11 is 7.93. The van der Waals surface area contributed by atoms with Crippen molar-refractivity contribution in [2.75, 3.05) is 13.1 Å². The summed E-state index contributed by atoms with van der Waals surface area (Å²) in [6.07, 6.45) is 0. The number of hydrogen-bond acceptors (Lipinski definition) is 2. The normalized spacial score (nSPS) is 13.4. The Kier molecular flexibility index (Phi) is 5.23. The molecule has 0 aliphatic rings. The fourth-order valence-corrected chi connectivity index (χ4v) is 3.09. The molecular formula is C14H22ClNOS. The van der Waals surface area contributed by atoms with Gasteiger partial charge in [-0.3, -0.25) is 4.79 Å². The number of carbonyl (C=O) groups excluding carboxylic acids is 1. The Hall–Kier alpha value is -0.540. The van der Waals surface area contributed by atoms with E-state index in [0.29, 0.717) is 13.1 Å². The molecule has 1 atom stereocenters. The summed E-state index contributed by atoms with van der Waals surface area (Å²) in [4.78, 5) is 16.1. The van der Waals surface area contributed by atoms with Gasteiger partial charge in [0.25, 0.3) is 0 Å². The van der Waals surface area contributed by atoms with Gasteiger partial charge in [-0.05, 0) is 31.4 Å². The second-order valence-corrected chi connectivity index (χ2v) is 6.88. The lowest BCUT2D eigenvalue weighted by Gasteiger charge is -2.21. The zero-order valence-corrected chi connectivity index (χ0v) is 13.4. The molecule has 4 heteroatoms. The molecule has 1 rings (SSSR count). The number of amides is 1. The van der Waals surface area contributed by atoms with Gasteiger partial charge in [0.15, 0.2) is 0 Å². The predicted molar refractivity (Wildman–Crippen MR) is 79.5 cm³/mol. The zero-order chi connectivity index (χ0) is 13.9. The summed E-state index contributed by atoms with van der Waals surface area (Å²) in [6.45, 7) is 11.8. The van der Waals surface area contributed by atoms with Crippen LogP contribution in [0.1, 0.15) is 49.8 Å². The van der Waals surface area contributed by atoms with Crippen LogP contribution in [-0.2, 0) is 10.2 Å². The summed E-state index contributed by atoms with van der Waals surface area (Å²) in [5, 5.41) is -0.550. The number of thiophene rings is 1. The van der Waals surface area contributed by atoms with E-state index in [4.69, 9.17) is 11.6 Å². The van der Waals surface area contributed by atoms with Crippen LogP contribution >= 0.6 is 22.9 Å². The Morgan fingerprint density at radius 1 is 1.33 bits per heavy atom. The SMILES string of the molecule is CCN(CC)C(=O)C(Cl)c1ccc(C(C)(C)C)s1. The lowest BCUT2D eigenvalue weighted by atomic mass is 9.95. The molecule has 18 heavy (non-hydrogen) atoms. The van der Waals surface area contributed by atoms with Gasteiger partial charge in [-0.25, -0.2) is 0 Å². The van der Waals surface area contributed by atoms with Gasteiger partial charge in [0.05, 0.1) is 0 Å². The van der Waals surface area contributed by atoms with E-state index in [1.54, 1.807) is 16.2 Å². The number of likely N-dealkylation sites (N-methyl/N-ethyl adjacent to an activating group) is 1. The molecular weight excluding hydrogens is 266 g/mol. The second-order valence-electron chi connectivity index (χ2n) is 5.33. The maximum Gasteiger partial charge on any atom is 0.245 e. The summed E-state index contributed by atoms with van der Waals surface area (Å²) in [6, 6.07) is 4.05. The maximum atomic E-state index is 12.2. The van der Waals surface area contributed by atoms with Crippen LogP contribution in [0.4, 0.5) is 0 Å². The van der Waals surface area contributed by atoms with Gasteiger partial charge >= 0.3 is 0 Å². The molecule has 0 fully saturated rings. The second kappa shape index (κ2) is 6.07. The third-order valence-corrected chi connectivity index (χ3v) is 5.03. The first-order valence-electron chi connectivity index (χ1n) is 6.34. The van der Waals surface area contributed by atoms with Gasteiger partial charge in [-0.2, -0.15) is 0 Å². The molecule has 1 heterocycles. The van der Waals surface area contributed by atoms with E-state index in [0.717, 1.165) is 4.88 Å². The Morgan fingerprint density at radius 2 is 1.89 bits per heavy atom. The maximum absolute atomic E-state index is 12.2. The van der Waals surface area contributed by atoms with Gasteiger partial charge in [-0.1, -0.05) is 20.8 Å². The Labute approximate surface area is 119 Å². The van der Waals surface area contributed by atoms with Crippen molar-refractivity contribution in [2.24, 2.45) is 0 Å². The first-order valence-corrected chi connectivity index (χ1v) is 7.59. The highest BCUT2D eigenvalue weighted by atomic mass is 35.5. The molecule has 0 saturated heterocycles. The van der Waals surface area contributed by atoms with Crippen LogP contribution in [0.2, 0.25) is 0 Å². The third kappa shape index (κ3) is 3.48. The number of carbonyl (C=O) groups is 1. The van der Waals surface area contributed by atoms with Crippen LogP contribution < -0.4 is 0 Å². The Balaban J connectivity index is 2.88. The fraction of sp³-hybridized carbons (Fsp3) is 0.643. The summed E-state index contributed by atoms with van der Waals surface area (Å²) in [7, 11) is 0. The quantitative estimate of drug-likeness (QED) is 0.760. The first kappa shape index (κ1) is 15.5. The Morgan fingerprint density at radius 3 is 2.28 bits per heavy atom. The largest absolute Gasteiger partial charge is 0.342 e. The highest BCUT2D eigenvalue weighted by Crippen LogP contribution is 2.35. The number of alkyl halides is 1. The number of halogens is 1. The molecule has 0 spiro atoms. The van der Waals surface area contributed by atoms with Crippen molar-refractivity contribution in [2.45, 2.75) is 45.4 Å². The van der Waals surface area contributed by atoms with Gasteiger partial charge in [0, 0.05) is 22.8 Å². The summed E-state index contributed by atoms with van der Waals surface area (Å²) in [5.41, 5.74) is 0.109. The smallest absolute Gasteiger partial charge is 0.245 e. The van der Waals surface area contributed by atoms with Crippen molar-refractivity contribution >= 4 is 28.8 Å². The van der Waals surface area contributed by atoms with Crippen molar-refractivity contribution in [3.8, 4) is 0 Å². The van der Waals surface area contributed by atoms with E-state index < -0.39 is 5.38 Å². The molecule has 0 radical (unpaired) electrons. The van der Waals surface area contributed by atoms with Crippen molar-refractivity contribution in [3.63, 3.8) is 0 Å². The molecule has 0 saturated carbocycles. The molecule has 0 aromatic carbocycles. The van der Waals surface area contributed by atoms with Gasteiger partial charge < -0.3 is 4.90 Å². The van der Waals surface area contributed by atoms with Crippen molar-refractivity contribution < 1.29 is 4.79 Å². The average molecular weight is 288 g/mol. The van der Waals surface area contributed by atoms with Crippen LogP contribution in [-0.4, -0.2) is 23.9 Å². The molecule has 0 N–H and O–H groups in total. The van der Waals surface area contributed by atoms with Crippen molar-refractivity contribution in [3.05, 3.63) is 21.9 Å². The minimum Gasteiger partial charge on any atom is -0.342 e. The lowest BCUT2D eigenvalue weighted by molar-refractivity contribution is -0.130. The number of rotatable bonds is 4. The highest BCUT2D eigenvalue weighted by molar-refractivity contribution is 7.12.